The van der Waals surface area contributed by atoms with Crippen molar-refractivity contribution >= 4 is 29.7 Å². The number of amides is 1. The van der Waals surface area contributed by atoms with Crippen molar-refractivity contribution in [2.24, 2.45) is 0 Å². The highest BCUT2D eigenvalue weighted by atomic mass is 35.5. The SMILES string of the molecule is Cl.O=C(NC1CCC1)c1cc2c(s1)CCOC21CCNCC1. The Morgan fingerprint density at radius 3 is 2.82 bits per heavy atom. The van der Waals surface area contributed by atoms with E-state index in [0.29, 0.717) is 6.04 Å². The van der Waals surface area contributed by atoms with Crippen molar-refractivity contribution in [3.05, 3.63) is 21.4 Å². The van der Waals surface area contributed by atoms with Crippen LogP contribution in [0.3, 0.4) is 0 Å². The van der Waals surface area contributed by atoms with Gasteiger partial charge in [0, 0.05) is 17.3 Å². The lowest BCUT2D eigenvalue weighted by molar-refractivity contribution is -0.0792. The number of hydrogen-bond donors (Lipinski definition) is 2. The van der Waals surface area contributed by atoms with Crippen LogP contribution >= 0.6 is 23.7 Å². The van der Waals surface area contributed by atoms with Crippen LogP contribution in [0.4, 0.5) is 0 Å². The lowest BCUT2D eigenvalue weighted by Crippen LogP contribution is -2.44. The minimum absolute atomic E-state index is 0. The number of fused-ring (bicyclic) bond motifs is 2. The van der Waals surface area contributed by atoms with E-state index in [9.17, 15) is 4.79 Å². The molecule has 1 aromatic rings. The molecule has 1 amide bonds. The minimum atomic E-state index is -0.135. The molecule has 0 aromatic carbocycles. The van der Waals surface area contributed by atoms with Gasteiger partial charge < -0.3 is 15.4 Å². The van der Waals surface area contributed by atoms with Crippen molar-refractivity contribution in [2.45, 2.75) is 50.2 Å². The van der Waals surface area contributed by atoms with Gasteiger partial charge in [-0.25, -0.2) is 0 Å². The predicted octanol–water partition coefficient (Wildman–Crippen LogP) is 2.60. The van der Waals surface area contributed by atoms with Crippen LogP contribution in [-0.2, 0) is 16.8 Å². The average molecular weight is 343 g/mol. The second-order valence-corrected chi connectivity index (χ2v) is 7.53. The number of nitrogens with one attached hydrogen (secondary N) is 2. The first kappa shape index (κ1) is 16.2. The van der Waals surface area contributed by atoms with E-state index in [4.69, 9.17) is 4.74 Å². The van der Waals surface area contributed by atoms with E-state index in [2.05, 4.69) is 16.7 Å². The van der Waals surface area contributed by atoms with E-state index in [-0.39, 0.29) is 23.9 Å². The van der Waals surface area contributed by atoms with Crippen molar-refractivity contribution in [1.29, 1.82) is 0 Å². The summed E-state index contributed by atoms with van der Waals surface area (Å²) in [5, 5.41) is 6.55. The van der Waals surface area contributed by atoms with Gasteiger partial charge in [0.2, 0.25) is 0 Å². The summed E-state index contributed by atoms with van der Waals surface area (Å²) in [5.74, 6) is 0.114. The van der Waals surface area contributed by atoms with Gasteiger partial charge in [-0.3, -0.25) is 4.79 Å². The van der Waals surface area contributed by atoms with E-state index in [1.54, 1.807) is 11.3 Å². The number of thiophene rings is 1. The van der Waals surface area contributed by atoms with Crippen molar-refractivity contribution < 1.29 is 9.53 Å². The van der Waals surface area contributed by atoms with Gasteiger partial charge in [0.15, 0.2) is 0 Å². The lowest BCUT2D eigenvalue weighted by Gasteiger charge is -2.40. The number of carbonyl (C=O) groups excluding carboxylic acids is 1. The molecule has 1 spiro atoms. The molecule has 4 nitrogen and oxygen atoms in total. The molecule has 22 heavy (non-hydrogen) atoms. The van der Waals surface area contributed by atoms with Gasteiger partial charge in [-0.15, -0.1) is 23.7 Å². The molecule has 2 fully saturated rings. The maximum Gasteiger partial charge on any atom is 0.261 e. The monoisotopic (exact) mass is 342 g/mol. The van der Waals surface area contributed by atoms with Gasteiger partial charge in [-0.05, 0) is 56.8 Å². The Bertz CT molecular complexity index is 550. The maximum absolute atomic E-state index is 12.4. The van der Waals surface area contributed by atoms with Gasteiger partial charge in [0.05, 0.1) is 17.1 Å². The molecule has 3 aliphatic rings. The highest BCUT2D eigenvalue weighted by Gasteiger charge is 2.40. The zero-order chi connectivity index (χ0) is 14.3. The molecule has 2 aliphatic heterocycles. The van der Waals surface area contributed by atoms with Gasteiger partial charge in [0.25, 0.3) is 5.91 Å². The third kappa shape index (κ3) is 2.80. The number of rotatable bonds is 2. The highest BCUT2D eigenvalue weighted by Crippen LogP contribution is 2.43. The zero-order valence-electron chi connectivity index (χ0n) is 12.7. The first-order valence-corrected chi connectivity index (χ1v) is 8.87. The van der Waals surface area contributed by atoms with Crippen LogP contribution in [-0.4, -0.2) is 31.6 Å². The Morgan fingerprint density at radius 2 is 2.14 bits per heavy atom. The third-order valence-corrected chi connectivity index (χ3v) is 6.28. The summed E-state index contributed by atoms with van der Waals surface area (Å²) < 4.78 is 6.17. The molecule has 0 radical (unpaired) electrons. The van der Waals surface area contributed by atoms with Crippen LogP contribution in [0.2, 0.25) is 0 Å². The second-order valence-electron chi connectivity index (χ2n) is 6.39. The molecule has 122 valence electrons. The standard InChI is InChI=1S/C16H22N2O2S.ClH/c19-15(18-11-2-1-3-11)14-10-12-13(21-14)4-9-20-16(12)5-7-17-8-6-16;/h10-11,17H,1-9H2,(H,18,19);1H. The fraction of sp³-hybridized carbons (Fsp3) is 0.688. The fourth-order valence-electron chi connectivity index (χ4n) is 3.58. The average Bonchev–Trinajstić information content (AvgIpc) is 2.90. The van der Waals surface area contributed by atoms with Crippen molar-refractivity contribution in [3.8, 4) is 0 Å². The van der Waals surface area contributed by atoms with Gasteiger partial charge in [-0.2, -0.15) is 0 Å². The predicted molar refractivity (Wildman–Crippen MR) is 90.1 cm³/mol. The van der Waals surface area contributed by atoms with Crippen LogP contribution in [0.25, 0.3) is 0 Å². The first-order chi connectivity index (χ1) is 10.3. The molecule has 3 heterocycles. The quantitative estimate of drug-likeness (QED) is 0.868. The summed E-state index contributed by atoms with van der Waals surface area (Å²) >= 11 is 1.68. The number of hydrogen-bond acceptors (Lipinski definition) is 4. The molecule has 0 unspecified atom stereocenters. The smallest absolute Gasteiger partial charge is 0.261 e. The second kappa shape index (κ2) is 6.48. The molecule has 1 saturated heterocycles. The number of carbonyl (C=O) groups is 1. The first-order valence-electron chi connectivity index (χ1n) is 8.06. The van der Waals surface area contributed by atoms with E-state index in [0.717, 1.165) is 56.7 Å². The summed E-state index contributed by atoms with van der Waals surface area (Å²) in [4.78, 5) is 14.6. The molecular formula is C16H23ClN2O2S. The molecule has 2 N–H and O–H groups in total. The van der Waals surface area contributed by atoms with Gasteiger partial charge >= 0.3 is 0 Å². The Labute approximate surface area is 141 Å². The van der Waals surface area contributed by atoms with Crippen LogP contribution in [0.15, 0.2) is 6.07 Å². The molecule has 0 bridgehead atoms. The van der Waals surface area contributed by atoms with Crippen molar-refractivity contribution in [1.82, 2.24) is 10.6 Å². The Kier molecular flexibility index (Phi) is 4.78. The minimum Gasteiger partial charge on any atom is -0.370 e. The summed E-state index contributed by atoms with van der Waals surface area (Å²) in [6, 6.07) is 2.51. The van der Waals surface area contributed by atoms with E-state index < -0.39 is 0 Å². The lowest BCUT2D eigenvalue weighted by atomic mass is 9.83. The van der Waals surface area contributed by atoms with E-state index >= 15 is 0 Å². The molecule has 1 aromatic heterocycles. The molecule has 0 atom stereocenters. The summed E-state index contributed by atoms with van der Waals surface area (Å²) in [7, 11) is 0. The van der Waals surface area contributed by atoms with Crippen LogP contribution < -0.4 is 10.6 Å². The maximum atomic E-state index is 12.4. The summed E-state index contributed by atoms with van der Waals surface area (Å²) in [6.45, 7) is 2.79. The molecule has 4 rings (SSSR count). The summed E-state index contributed by atoms with van der Waals surface area (Å²) in [5.41, 5.74) is 1.16. The van der Waals surface area contributed by atoms with Crippen LogP contribution in [0.5, 0.6) is 0 Å². The zero-order valence-corrected chi connectivity index (χ0v) is 14.3. The van der Waals surface area contributed by atoms with Crippen LogP contribution in [0.1, 0.15) is 52.2 Å². The van der Waals surface area contributed by atoms with E-state index in [1.807, 2.05) is 0 Å². The third-order valence-electron chi connectivity index (χ3n) is 5.08. The number of halogens is 1. The van der Waals surface area contributed by atoms with Crippen LogP contribution in [0, 0.1) is 0 Å². The Morgan fingerprint density at radius 1 is 1.36 bits per heavy atom. The van der Waals surface area contributed by atoms with Crippen molar-refractivity contribution in [3.63, 3.8) is 0 Å². The Hall–Kier alpha value is -0.620. The fourth-order valence-corrected chi connectivity index (χ4v) is 4.72. The molecule has 1 saturated carbocycles. The van der Waals surface area contributed by atoms with E-state index in [1.165, 1.54) is 16.9 Å². The topological polar surface area (TPSA) is 50.4 Å². The molecular weight excluding hydrogens is 320 g/mol. The molecule has 6 heteroatoms. The highest BCUT2D eigenvalue weighted by molar-refractivity contribution is 7.14. The molecule has 1 aliphatic carbocycles. The summed E-state index contributed by atoms with van der Waals surface area (Å²) in [6.07, 6.45) is 6.49. The number of piperidine rings is 1. The van der Waals surface area contributed by atoms with Gasteiger partial charge in [0.1, 0.15) is 0 Å². The van der Waals surface area contributed by atoms with Gasteiger partial charge in [-0.1, -0.05) is 0 Å². The largest absolute Gasteiger partial charge is 0.370 e. The Balaban J connectivity index is 0.00000144. The number of ether oxygens (including phenoxy) is 1. The van der Waals surface area contributed by atoms with Crippen molar-refractivity contribution in [2.75, 3.05) is 19.7 Å². The normalized spacial score (nSPS) is 23.3.